The van der Waals surface area contributed by atoms with Gasteiger partial charge in [-0.3, -0.25) is 4.79 Å². The lowest BCUT2D eigenvalue weighted by atomic mass is 9.93. The smallest absolute Gasteiger partial charge is 0.435 e. The largest absolute Gasteiger partial charge is 0.506 e. The number of nitrogens with one attached hydrogen (secondary N) is 1. The van der Waals surface area contributed by atoms with E-state index in [4.69, 9.17) is 0 Å². The van der Waals surface area contributed by atoms with Crippen molar-refractivity contribution in [3.63, 3.8) is 0 Å². The molecule has 0 saturated heterocycles. The van der Waals surface area contributed by atoms with E-state index in [0.717, 1.165) is 5.56 Å². The van der Waals surface area contributed by atoms with Gasteiger partial charge in [-0.25, -0.2) is 4.39 Å². The Kier molecular flexibility index (Phi) is 5.63. The molecule has 0 fully saturated rings. The van der Waals surface area contributed by atoms with Crippen molar-refractivity contribution < 1.29 is 40.6 Å². The van der Waals surface area contributed by atoms with E-state index in [1.54, 1.807) is 12.1 Å². The molecule has 0 spiro atoms. The van der Waals surface area contributed by atoms with Gasteiger partial charge in [0.1, 0.15) is 5.75 Å². The van der Waals surface area contributed by atoms with Crippen LogP contribution in [0.15, 0.2) is 42.5 Å². The van der Waals surface area contributed by atoms with Crippen molar-refractivity contribution in [3.8, 4) is 5.75 Å². The van der Waals surface area contributed by atoms with Gasteiger partial charge in [0.05, 0.1) is 5.69 Å². The molecule has 2 aromatic carbocycles. The van der Waals surface area contributed by atoms with Gasteiger partial charge in [-0.15, -0.1) is 0 Å². The summed E-state index contributed by atoms with van der Waals surface area (Å²) in [6.07, 6.45) is -11.9. The molecule has 0 radical (unpaired) electrons. The number of hydrogen-bond donors (Lipinski definition) is 2. The van der Waals surface area contributed by atoms with Crippen LogP contribution in [0.2, 0.25) is 0 Å². The van der Waals surface area contributed by atoms with Crippen LogP contribution in [-0.4, -0.2) is 23.4 Å². The summed E-state index contributed by atoms with van der Waals surface area (Å²) in [5.74, 6) is -1.73. The third kappa shape index (κ3) is 3.90. The van der Waals surface area contributed by atoms with Gasteiger partial charge in [0, 0.05) is 11.1 Å². The molecule has 2 rings (SSSR count). The summed E-state index contributed by atoms with van der Waals surface area (Å²) in [4.78, 5) is 12.2. The quantitative estimate of drug-likeness (QED) is 0.518. The van der Waals surface area contributed by atoms with Crippen LogP contribution in [0.1, 0.15) is 28.4 Å². The molecule has 2 aromatic rings. The molecule has 1 amide bonds. The van der Waals surface area contributed by atoms with Gasteiger partial charge in [-0.1, -0.05) is 25.1 Å². The van der Waals surface area contributed by atoms with E-state index in [-0.39, 0.29) is 17.7 Å². The molecule has 3 nitrogen and oxygen atoms in total. The normalized spacial score (nSPS) is 12.7. The van der Waals surface area contributed by atoms with E-state index in [9.17, 15) is 40.6 Å². The van der Waals surface area contributed by atoms with Crippen LogP contribution in [0.3, 0.4) is 0 Å². The zero-order valence-electron chi connectivity index (χ0n) is 14.2. The lowest BCUT2D eigenvalue weighted by molar-refractivity contribution is -0.348. The van der Waals surface area contributed by atoms with Crippen LogP contribution in [-0.2, 0) is 12.1 Å². The lowest BCUT2D eigenvalue weighted by Crippen LogP contribution is -2.50. The van der Waals surface area contributed by atoms with Crippen LogP contribution < -0.4 is 5.32 Å². The summed E-state index contributed by atoms with van der Waals surface area (Å²) in [6, 6.07) is 6.68. The Bertz CT molecular complexity index is 844. The summed E-state index contributed by atoms with van der Waals surface area (Å²) in [5, 5.41) is 11.7. The molecule has 0 aromatic heterocycles. The number of phenols is 1. The summed E-state index contributed by atoms with van der Waals surface area (Å²) in [5.41, 5.74) is -7.35. The highest BCUT2D eigenvalue weighted by Gasteiger charge is 2.73. The number of carbonyl (C=O) groups is 1. The lowest BCUT2D eigenvalue weighted by Gasteiger charge is -2.30. The van der Waals surface area contributed by atoms with Crippen molar-refractivity contribution in [1.29, 1.82) is 0 Å². The molecule has 0 heterocycles. The van der Waals surface area contributed by atoms with Gasteiger partial charge in [0.25, 0.3) is 5.91 Å². The van der Waals surface area contributed by atoms with Crippen LogP contribution in [0.4, 0.5) is 36.4 Å². The maximum atomic E-state index is 14.1. The van der Waals surface area contributed by atoms with E-state index < -0.39 is 40.9 Å². The third-order valence-electron chi connectivity index (χ3n) is 4.05. The van der Waals surface area contributed by atoms with E-state index in [0.29, 0.717) is 12.5 Å². The molecule has 10 heteroatoms. The fourth-order valence-corrected chi connectivity index (χ4v) is 2.42. The van der Waals surface area contributed by atoms with E-state index in [1.807, 2.05) is 12.2 Å². The number of halogens is 7. The maximum Gasteiger partial charge on any atom is 0.435 e. The van der Waals surface area contributed by atoms with E-state index in [2.05, 4.69) is 0 Å². The number of benzene rings is 2. The Morgan fingerprint density at radius 2 is 1.46 bits per heavy atom. The highest BCUT2D eigenvalue weighted by Crippen LogP contribution is 2.53. The van der Waals surface area contributed by atoms with Crippen molar-refractivity contribution in [1.82, 2.24) is 0 Å². The predicted octanol–water partition coefficient (Wildman–Crippen LogP) is 5.50. The molecule has 0 aliphatic carbocycles. The van der Waals surface area contributed by atoms with E-state index in [1.165, 1.54) is 12.1 Å². The minimum absolute atomic E-state index is 0.0418. The fraction of sp³-hybridized carbons (Fsp3) is 0.278. The molecular formula is C18H14F7NO2. The maximum absolute atomic E-state index is 14.1. The second-order valence-corrected chi connectivity index (χ2v) is 5.89. The standard InChI is InChI=1S/C18H14F7NO2/c1-2-10-3-5-11(6-4-10)15(28)26-13-9-12(7-8-14(13)27)16(19,17(20,21)22)18(23,24)25/h3-9,27H,2H2,1H3,(H,26,28). The van der Waals surface area contributed by atoms with Crippen LogP contribution in [0.25, 0.3) is 0 Å². The molecule has 0 unspecified atom stereocenters. The molecule has 0 aliphatic heterocycles. The first kappa shape index (κ1) is 21.5. The first-order valence-corrected chi connectivity index (χ1v) is 7.87. The number of carbonyl (C=O) groups excluding carboxylic acids is 1. The van der Waals surface area contributed by atoms with Crippen molar-refractivity contribution in [2.75, 3.05) is 5.32 Å². The van der Waals surface area contributed by atoms with Crippen LogP contribution in [0.5, 0.6) is 5.75 Å². The SMILES string of the molecule is CCc1ccc(C(=O)Nc2cc(C(F)(C(F)(F)F)C(F)(F)F)ccc2O)cc1. The Morgan fingerprint density at radius 3 is 1.93 bits per heavy atom. The van der Waals surface area contributed by atoms with Crippen molar-refractivity contribution >= 4 is 11.6 Å². The molecular weight excluding hydrogens is 395 g/mol. The average molecular weight is 409 g/mol. The van der Waals surface area contributed by atoms with Gasteiger partial charge < -0.3 is 10.4 Å². The molecule has 0 saturated carbocycles. The van der Waals surface area contributed by atoms with E-state index >= 15 is 0 Å². The minimum atomic E-state index is -6.31. The number of phenolic OH excluding ortho intramolecular Hbond substituents is 1. The van der Waals surface area contributed by atoms with Gasteiger partial charge in [-0.05, 0) is 36.2 Å². The topological polar surface area (TPSA) is 49.3 Å². The van der Waals surface area contributed by atoms with Crippen LogP contribution >= 0.6 is 0 Å². The molecule has 2 N–H and O–H groups in total. The second kappa shape index (κ2) is 7.33. The highest BCUT2D eigenvalue weighted by molar-refractivity contribution is 6.05. The van der Waals surface area contributed by atoms with Gasteiger partial charge in [0.2, 0.25) is 0 Å². The number of alkyl halides is 7. The first-order valence-electron chi connectivity index (χ1n) is 7.87. The Labute approximate surface area is 154 Å². The van der Waals surface area contributed by atoms with Crippen molar-refractivity contribution in [2.24, 2.45) is 0 Å². The highest BCUT2D eigenvalue weighted by atomic mass is 19.4. The Morgan fingerprint density at radius 1 is 0.929 bits per heavy atom. The minimum Gasteiger partial charge on any atom is -0.506 e. The average Bonchev–Trinajstić information content (AvgIpc) is 2.61. The number of hydrogen-bond acceptors (Lipinski definition) is 2. The third-order valence-corrected chi connectivity index (χ3v) is 4.05. The van der Waals surface area contributed by atoms with Gasteiger partial charge in [-0.2, -0.15) is 26.3 Å². The summed E-state index contributed by atoms with van der Waals surface area (Å²) >= 11 is 0. The van der Waals surface area contributed by atoms with Crippen LogP contribution in [0, 0.1) is 0 Å². The van der Waals surface area contributed by atoms with Gasteiger partial charge in [0.15, 0.2) is 0 Å². The molecule has 28 heavy (non-hydrogen) atoms. The molecule has 0 aliphatic rings. The van der Waals surface area contributed by atoms with Crippen molar-refractivity contribution in [3.05, 3.63) is 59.2 Å². The zero-order valence-corrected chi connectivity index (χ0v) is 14.2. The zero-order chi connectivity index (χ0) is 21.3. The number of amides is 1. The number of anilines is 1. The Hall–Kier alpha value is -2.78. The second-order valence-electron chi connectivity index (χ2n) is 5.89. The first-order chi connectivity index (χ1) is 12.8. The molecule has 0 bridgehead atoms. The monoisotopic (exact) mass is 409 g/mol. The fourth-order valence-electron chi connectivity index (χ4n) is 2.42. The molecule has 0 atom stereocenters. The number of aromatic hydroxyl groups is 1. The van der Waals surface area contributed by atoms with Gasteiger partial charge >= 0.3 is 18.0 Å². The predicted molar refractivity (Wildman–Crippen MR) is 86.8 cm³/mol. The summed E-state index contributed by atoms with van der Waals surface area (Å²) in [7, 11) is 0. The summed E-state index contributed by atoms with van der Waals surface area (Å²) < 4.78 is 91.4. The Balaban J connectivity index is 2.43. The number of rotatable bonds is 4. The molecule has 152 valence electrons. The van der Waals surface area contributed by atoms with Crippen molar-refractivity contribution in [2.45, 2.75) is 31.4 Å². The number of aryl methyl sites for hydroxylation is 1. The summed E-state index contributed by atoms with van der Waals surface area (Å²) in [6.45, 7) is 1.86.